The third-order valence-corrected chi connectivity index (χ3v) is 6.14. The lowest BCUT2D eigenvalue weighted by Gasteiger charge is -2.15. The molecule has 0 fully saturated rings. The van der Waals surface area contributed by atoms with Crippen molar-refractivity contribution in [2.24, 2.45) is 0 Å². The van der Waals surface area contributed by atoms with Crippen LogP contribution in [0.3, 0.4) is 0 Å². The number of imide groups is 1. The van der Waals surface area contributed by atoms with Gasteiger partial charge < -0.3 is 0 Å². The third kappa shape index (κ3) is 3.84. The normalized spacial score (nSPS) is 14.1. The fourth-order valence-electron chi connectivity index (χ4n) is 3.07. The summed E-state index contributed by atoms with van der Waals surface area (Å²) < 4.78 is 0. The van der Waals surface area contributed by atoms with E-state index in [-0.39, 0.29) is 11.5 Å². The molecule has 2 amide bonds. The predicted octanol–water partition coefficient (Wildman–Crippen LogP) is 6.38. The van der Waals surface area contributed by atoms with Crippen molar-refractivity contribution in [3.63, 3.8) is 0 Å². The SMILES string of the molecule is Cc1ccc(N2C(=O)C(Sc3ccccc3)=C(c3ccc(Cl)cc3Cl)C2=O)cc1. The molecule has 0 spiro atoms. The number of thioether (sulfide) groups is 1. The van der Waals surface area contributed by atoms with Gasteiger partial charge >= 0.3 is 0 Å². The molecule has 4 rings (SSSR count). The number of benzene rings is 3. The maximum Gasteiger partial charge on any atom is 0.272 e. The largest absolute Gasteiger partial charge is 0.272 e. The molecule has 0 atom stereocenters. The Morgan fingerprint density at radius 3 is 2.17 bits per heavy atom. The molecule has 3 nitrogen and oxygen atoms in total. The summed E-state index contributed by atoms with van der Waals surface area (Å²) in [6.07, 6.45) is 0. The predicted molar refractivity (Wildman–Crippen MR) is 119 cm³/mol. The molecule has 144 valence electrons. The van der Waals surface area contributed by atoms with Gasteiger partial charge in [0.25, 0.3) is 11.8 Å². The molecule has 0 N–H and O–H groups in total. The van der Waals surface area contributed by atoms with Crippen LogP contribution in [0.5, 0.6) is 0 Å². The minimum atomic E-state index is -0.401. The second-order valence-electron chi connectivity index (χ2n) is 6.52. The van der Waals surface area contributed by atoms with E-state index in [0.717, 1.165) is 10.5 Å². The molecule has 0 radical (unpaired) electrons. The number of carbonyl (C=O) groups excluding carboxylic acids is 2. The number of rotatable bonds is 4. The molecule has 1 aliphatic heterocycles. The number of amides is 2. The monoisotopic (exact) mass is 439 g/mol. The van der Waals surface area contributed by atoms with E-state index in [1.54, 1.807) is 30.3 Å². The third-order valence-electron chi connectivity index (χ3n) is 4.50. The summed E-state index contributed by atoms with van der Waals surface area (Å²) in [6.45, 7) is 1.95. The molecule has 29 heavy (non-hydrogen) atoms. The molecule has 1 aliphatic rings. The van der Waals surface area contributed by atoms with Crippen molar-refractivity contribution in [3.05, 3.63) is 98.9 Å². The van der Waals surface area contributed by atoms with Crippen LogP contribution in [0.2, 0.25) is 10.0 Å². The smallest absolute Gasteiger partial charge is 0.268 e. The minimum absolute atomic E-state index is 0.283. The highest BCUT2D eigenvalue weighted by Crippen LogP contribution is 2.43. The Labute approximate surface area is 182 Å². The Morgan fingerprint density at radius 1 is 0.828 bits per heavy atom. The van der Waals surface area contributed by atoms with E-state index in [4.69, 9.17) is 23.2 Å². The fourth-order valence-corrected chi connectivity index (χ4v) is 4.58. The number of hydrogen-bond donors (Lipinski definition) is 0. The van der Waals surface area contributed by atoms with Crippen LogP contribution in [0.25, 0.3) is 5.57 Å². The summed E-state index contributed by atoms with van der Waals surface area (Å²) in [4.78, 5) is 29.1. The Balaban J connectivity index is 1.85. The van der Waals surface area contributed by atoms with Gasteiger partial charge in [-0.25, -0.2) is 4.90 Å². The van der Waals surface area contributed by atoms with Gasteiger partial charge in [0.2, 0.25) is 0 Å². The van der Waals surface area contributed by atoms with E-state index in [1.807, 2.05) is 49.4 Å². The molecular formula is C23H15Cl2NO2S. The standard InChI is InChI=1S/C23H15Cl2NO2S/c1-14-7-10-16(11-8-14)26-22(27)20(18-12-9-15(24)13-19(18)25)21(23(26)28)29-17-5-3-2-4-6-17/h2-13H,1H3. The Morgan fingerprint density at radius 2 is 1.52 bits per heavy atom. The number of nitrogens with zero attached hydrogens (tertiary/aromatic N) is 1. The molecule has 0 aromatic heterocycles. The van der Waals surface area contributed by atoms with Gasteiger partial charge in [-0.3, -0.25) is 9.59 Å². The summed E-state index contributed by atoms with van der Waals surface area (Å²) in [5.41, 5.74) is 2.34. The quantitative estimate of drug-likeness (QED) is 0.442. The van der Waals surface area contributed by atoms with Gasteiger partial charge in [0.15, 0.2) is 0 Å². The highest BCUT2D eigenvalue weighted by Gasteiger charge is 2.41. The topological polar surface area (TPSA) is 37.4 Å². The van der Waals surface area contributed by atoms with Gasteiger partial charge in [0.1, 0.15) is 0 Å². The number of halogens is 2. The second-order valence-corrected chi connectivity index (χ2v) is 8.45. The highest BCUT2D eigenvalue weighted by atomic mass is 35.5. The lowest BCUT2D eigenvalue weighted by molar-refractivity contribution is -0.119. The Bertz CT molecular complexity index is 1140. The molecule has 0 bridgehead atoms. The molecule has 0 unspecified atom stereocenters. The maximum atomic E-state index is 13.4. The summed E-state index contributed by atoms with van der Waals surface area (Å²) in [6, 6.07) is 21.6. The van der Waals surface area contributed by atoms with Crippen LogP contribution in [-0.4, -0.2) is 11.8 Å². The Hall–Kier alpha value is -2.53. The number of anilines is 1. The van der Waals surface area contributed by atoms with E-state index >= 15 is 0 Å². The van der Waals surface area contributed by atoms with Crippen molar-refractivity contribution in [2.45, 2.75) is 11.8 Å². The highest BCUT2D eigenvalue weighted by molar-refractivity contribution is 8.04. The molecule has 0 saturated carbocycles. The van der Waals surface area contributed by atoms with Crippen molar-refractivity contribution >= 4 is 58.0 Å². The van der Waals surface area contributed by atoms with E-state index in [1.165, 1.54) is 16.7 Å². The van der Waals surface area contributed by atoms with Crippen LogP contribution in [-0.2, 0) is 9.59 Å². The lowest BCUT2D eigenvalue weighted by atomic mass is 10.1. The van der Waals surface area contributed by atoms with Crippen LogP contribution >= 0.6 is 35.0 Å². The zero-order valence-corrected chi connectivity index (χ0v) is 17.7. The number of carbonyl (C=O) groups is 2. The van der Waals surface area contributed by atoms with Crippen LogP contribution in [0.1, 0.15) is 11.1 Å². The van der Waals surface area contributed by atoms with Gasteiger partial charge in [0.05, 0.1) is 21.2 Å². The van der Waals surface area contributed by atoms with Crippen molar-refractivity contribution < 1.29 is 9.59 Å². The second kappa shape index (κ2) is 8.07. The van der Waals surface area contributed by atoms with E-state index in [9.17, 15) is 9.59 Å². The van der Waals surface area contributed by atoms with E-state index in [0.29, 0.717) is 26.2 Å². The first-order valence-corrected chi connectivity index (χ1v) is 10.4. The number of aryl methyl sites for hydroxylation is 1. The van der Waals surface area contributed by atoms with Crippen LogP contribution < -0.4 is 4.90 Å². The average molecular weight is 440 g/mol. The zero-order chi connectivity index (χ0) is 20.5. The minimum Gasteiger partial charge on any atom is -0.268 e. The summed E-state index contributed by atoms with van der Waals surface area (Å²) in [5.74, 6) is -0.768. The number of hydrogen-bond acceptors (Lipinski definition) is 3. The van der Waals surface area contributed by atoms with Crippen LogP contribution in [0.4, 0.5) is 5.69 Å². The summed E-state index contributed by atoms with van der Waals surface area (Å²) in [7, 11) is 0. The maximum absolute atomic E-state index is 13.4. The molecule has 0 saturated heterocycles. The summed E-state index contributed by atoms with van der Waals surface area (Å²) in [5, 5.41) is 0.786. The van der Waals surface area contributed by atoms with Crippen molar-refractivity contribution in [1.29, 1.82) is 0 Å². The van der Waals surface area contributed by atoms with Gasteiger partial charge in [0, 0.05) is 15.5 Å². The fraction of sp³-hybridized carbons (Fsp3) is 0.0435. The molecular weight excluding hydrogens is 425 g/mol. The van der Waals surface area contributed by atoms with Crippen molar-refractivity contribution in [2.75, 3.05) is 4.90 Å². The van der Waals surface area contributed by atoms with Crippen LogP contribution in [0, 0.1) is 6.92 Å². The molecule has 3 aromatic carbocycles. The molecule has 1 heterocycles. The van der Waals surface area contributed by atoms with E-state index in [2.05, 4.69) is 0 Å². The molecule has 0 aliphatic carbocycles. The molecule has 3 aromatic rings. The zero-order valence-electron chi connectivity index (χ0n) is 15.4. The van der Waals surface area contributed by atoms with Gasteiger partial charge in [-0.05, 0) is 43.3 Å². The van der Waals surface area contributed by atoms with Crippen molar-refractivity contribution in [3.8, 4) is 0 Å². The first-order chi connectivity index (χ1) is 14.0. The van der Waals surface area contributed by atoms with Gasteiger partial charge in [-0.2, -0.15) is 0 Å². The average Bonchev–Trinajstić information content (AvgIpc) is 2.94. The first kappa shape index (κ1) is 19.8. The Kier molecular flexibility index (Phi) is 5.50. The van der Waals surface area contributed by atoms with E-state index < -0.39 is 5.91 Å². The van der Waals surface area contributed by atoms with Gasteiger partial charge in [-0.15, -0.1) is 0 Å². The van der Waals surface area contributed by atoms with Gasteiger partial charge in [-0.1, -0.05) is 76.9 Å². The lowest BCUT2D eigenvalue weighted by Crippen LogP contribution is -2.31. The van der Waals surface area contributed by atoms with Crippen molar-refractivity contribution in [1.82, 2.24) is 0 Å². The summed E-state index contributed by atoms with van der Waals surface area (Å²) >= 11 is 13.7. The first-order valence-electron chi connectivity index (χ1n) is 8.84. The van der Waals surface area contributed by atoms with Crippen LogP contribution in [0.15, 0.2) is 82.6 Å². The molecule has 6 heteroatoms.